The predicted molar refractivity (Wildman–Crippen MR) is 60.0 cm³/mol. The molecule has 14 heavy (non-hydrogen) atoms. The van der Waals surface area contributed by atoms with Gasteiger partial charge in [0.25, 0.3) is 0 Å². The molecule has 3 unspecified atom stereocenters. The van der Waals surface area contributed by atoms with Crippen LogP contribution in [0.1, 0.15) is 46.0 Å². The number of hydrogen-bond acceptors (Lipinski definition) is 0. The Bertz CT molecular complexity index is 265. The van der Waals surface area contributed by atoms with Crippen molar-refractivity contribution in [3.05, 3.63) is 12.2 Å². The zero-order chi connectivity index (χ0) is 9.76. The third kappa shape index (κ3) is 1.06. The van der Waals surface area contributed by atoms with Gasteiger partial charge in [0.2, 0.25) is 0 Å². The molecular formula is C14H22. The Morgan fingerprint density at radius 3 is 2.79 bits per heavy atom. The van der Waals surface area contributed by atoms with E-state index in [0.29, 0.717) is 5.41 Å². The Morgan fingerprint density at radius 1 is 1.21 bits per heavy atom. The molecule has 0 aromatic heterocycles. The lowest BCUT2D eigenvalue weighted by Crippen LogP contribution is -2.32. The van der Waals surface area contributed by atoms with Crippen LogP contribution in [0.3, 0.4) is 0 Å². The van der Waals surface area contributed by atoms with Crippen LogP contribution >= 0.6 is 0 Å². The molecule has 3 aliphatic rings. The zero-order valence-corrected chi connectivity index (χ0v) is 9.50. The highest BCUT2D eigenvalue weighted by molar-refractivity contribution is 5.19. The maximum absolute atomic E-state index is 2.60. The van der Waals surface area contributed by atoms with Gasteiger partial charge in [-0.25, -0.2) is 0 Å². The van der Waals surface area contributed by atoms with Gasteiger partial charge in [0.15, 0.2) is 0 Å². The van der Waals surface area contributed by atoms with Crippen molar-refractivity contribution >= 4 is 0 Å². The highest BCUT2D eigenvalue weighted by Gasteiger charge is 2.55. The first-order valence-electron chi connectivity index (χ1n) is 6.48. The fourth-order valence-corrected chi connectivity index (χ4v) is 4.24. The summed E-state index contributed by atoms with van der Waals surface area (Å²) in [6.45, 7) is 4.76. The Kier molecular flexibility index (Phi) is 1.84. The second kappa shape index (κ2) is 2.87. The Labute approximate surface area is 87.8 Å². The highest BCUT2D eigenvalue weighted by Crippen LogP contribution is 2.64. The van der Waals surface area contributed by atoms with E-state index in [4.69, 9.17) is 0 Å². The minimum Gasteiger partial charge on any atom is -0.0846 e. The van der Waals surface area contributed by atoms with Crippen molar-refractivity contribution in [3.8, 4) is 0 Å². The molecule has 3 rings (SSSR count). The maximum atomic E-state index is 2.60. The molecule has 2 saturated carbocycles. The summed E-state index contributed by atoms with van der Waals surface area (Å²) in [6.07, 6.45) is 12.5. The maximum Gasteiger partial charge on any atom is -0.00841 e. The molecule has 78 valence electrons. The Morgan fingerprint density at radius 2 is 2.07 bits per heavy atom. The van der Waals surface area contributed by atoms with Crippen LogP contribution in [-0.4, -0.2) is 0 Å². The van der Waals surface area contributed by atoms with E-state index in [1.54, 1.807) is 12.8 Å². The summed E-state index contributed by atoms with van der Waals surface area (Å²) in [7, 11) is 0. The van der Waals surface area contributed by atoms with Crippen LogP contribution in [0, 0.1) is 29.1 Å². The Hall–Kier alpha value is -0.260. The lowest BCUT2D eigenvalue weighted by atomic mass is 9.64. The summed E-state index contributed by atoms with van der Waals surface area (Å²) in [5.41, 5.74) is 0.637. The second-order valence-electron chi connectivity index (χ2n) is 5.82. The highest BCUT2D eigenvalue weighted by atomic mass is 14.6. The number of rotatable bonds is 2. The monoisotopic (exact) mass is 190 g/mol. The minimum absolute atomic E-state index is 0.637. The number of allylic oxidation sites excluding steroid dienone is 2. The van der Waals surface area contributed by atoms with E-state index in [9.17, 15) is 0 Å². The van der Waals surface area contributed by atoms with Crippen molar-refractivity contribution in [2.75, 3.05) is 0 Å². The van der Waals surface area contributed by atoms with Crippen molar-refractivity contribution in [3.63, 3.8) is 0 Å². The topological polar surface area (TPSA) is 0 Å². The van der Waals surface area contributed by atoms with E-state index in [2.05, 4.69) is 26.0 Å². The van der Waals surface area contributed by atoms with Gasteiger partial charge in [0.05, 0.1) is 0 Å². The summed E-state index contributed by atoms with van der Waals surface area (Å²) < 4.78 is 0. The molecular weight excluding hydrogens is 168 g/mol. The van der Waals surface area contributed by atoms with Gasteiger partial charge in [-0.2, -0.15) is 0 Å². The van der Waals surface area contributed by atoms with Crippen LogP contribution in [0.25, 0.3) is 0 Å². The van der Waals surface area contributed by atoms with Crippen molar-refractivity contribution in [1.29, 1.82) is 0 Å². The molecule has 5 atom stereocenters. The third-order valence-corrected chi connectivity index (χ3v) is 5.33. The molecule has 0 saturated heterocycles. The average Bonchev–Trinajstić information content (AvgIpc) is 2.86. The molecule has 3 aliphatic carbocycles. The molecule has 0 N–H and O–H groups in total. The van der Waals surface area contributed by atoms with E-state index in [-0.39, 0.29) is 0 Å². The summed E-state index contributed by atoms with van der Waals surface area (Å²) in [5.74, 6) is 4.18. The molecule has 0 heterocycles. The quantitative estimate of drug-likeness (QED) is 0.577. The van der Waals surface area contributed by atoms with E-state index in [1.807, 2.05) is 0 Å². The standard InChI is InChI=1S/C14H22/c1-3-10-5-6-14(4-2)9-12-7-11(12)8-13(10)14/h5-6,10-13H,3-4,7-9H2,1-2H3/t10?,11-,12?,13+,14?/m0/s1. The van der Waals surface area contributed by atoms with E-state index < -0.39 is 0 Å². The number of fused-ring (bicyclic) bond motifs is 2. The average molecular weight is 190 g/mol. The summed E-state index contributed by atoms with van der Waals surface area (Å²) >= 11 is 0. The van der Waals surface area contributed by atoms with Crippen LogP contribution in [0.4, 0.5) is 0 Å². The van der Waals surface area contributed by atoms with Gasteiger partial charge in [-0.15, -0.1) is 0 Å². The van der Waals surface area contributed by atoms with Crippen LogP contribution in [0.5, 0.6) is 0 Å². The van der Waals surface area contributed by atoms with Gasteiger partial charge in [0, 0.05) is 0 Å². The largest absolute Gasteiger partial charge is 0.0846 e. The van der Waals surface area contributed by atoms with Crippen molar-refractivity contribution in [1.82, 2.24) is 0 Å². The normalized spacial score (nSPS) is 54.1. The molecule has 0 radical (unpaired) electrons. The van der Waals surface area contributed by atoms with Crippen molar-refractivity contribution in [2.45, 2.75) is 46.0 Å². The van der Waals surface area contributed by atoms with E-state index in [0.717, 1.165) is 23.7 Å². The smallest absolute Gasteiger partial charge is 0.00841 e. The third-order valence-electron chi connectivity index (χ3n) is 5.33. The first kappa shape index (κ1) is 9.00. The summed E-state index contributed by atoms with van der Waals surface area (Å²) in [4.78, 5) is 0. The van der Waals surface area contributed by atoms with Crippen LogP contribution in [0.2, 0.25) is 0 Å². The van der Waals surface area contributed by atoms with Gasteiger partial charge >= 0.3 is 0 Å². The van der Waals surface area contributed by atoms with E-state index in [1.165, 1.54) is 19.3 Å². The molecule has 2 fully saturated rings. The zero-order valence-electron chi connectivity index (χ0n) is 9.50. The number of hydrogen-bond donors (Lipinski definition) is 0. The lowest BCUT2D eigenvalue weighted by molar-refractivity contribution is 0.117. The van der Waals surface area contributed by atoms with E-state index >= 15 is 0 Å². The summed E-state index contributed by atoms with van der Waals surface area (Å²) in [5, 5.41) is 0. The van der Waals surface area contributed by atoms with Gasteiger partial charge < -0.3 is 0 Å². The van der Waals surface area contributed by atoms with Crippen LogP contribution in [-0.2, 0) is 0 Å². The van der Waals surface area contributed by atoms with Gasteiger partial charge in [0.1, 0.15) is 0 Å². The lowest BCUT2D eigenvalue weighted by Gasteiger charge is -2.40. The predicted octanol–water partition coefficient (Wildman–Crippen LogP) is 4.02. The SMILES string of the molecule is CCC1C=CC2(CC)CC3C[C@H]3C[C@H]12. The molecule has 0 bridgehead atoms. The second-order valence-corrected chi connectivity index (χ2v) is 5.82. The van der Waals surface area contributed by atoms with Crippen LogP contribution in [0.15, 0.2) is 12.2 Å². The van der Waals surface area contributed by atoms with Crippen molar-refractivity contribution < 1.29 is 0 Å². The summed E-state index contributed by atoms with van der Waals surface area (Å²) in [6, 6.07) is 0. The van der Waals surface area contributed by atoms with Gasteiger partial charge in [-0.05, 0) is 61.2 Å². The molecule has 0 aromatic rings. The molecule has 0 aliphatic heterocycles. The first-order chi connectivity index (χ1) is 6.79. The molecule has 0 heteroatoms. The van der Waals surface area contributed by atoms with Gasteiger partial charge in [-0.1, -0.05) is 26.0 Å². The fourth-order valence-electron chi connectivity index (χ4n) is 4.24. The molecule has 0 aromatic carbocycles. The van der Waals surface area contributed by atoms with Crippen molar-refractivity contribution in [2.24, 2.45) is 29.1 Å². The first-order valence-corrected chi connectivity index (χ1v) is 6.48. The minimum atomic E-state index is 0.637. The molecule has 0 amide bonds. The molecule has 0 spiro atoms. The van der Waals surface area contributed by atoms with Gasteiger partial charge in [-0.3, -0.25) is 0 Å². The Balaban J connectivity index is 1.88. The fraction of sp³-hybridized carbons (Fsp3) is 0.857. The van der Waals surface area contributed by atoms with Crippen LogP contribution < -0.4 is 0 Å². The molecule has 0 nitrogen and oxygen atoms in total.